The monoisotopic (exact) mass is 399 g/mol. The van der Waals surface area contributed by atoms with Crippen LogP contribution in [0.5, 0.6) is 0 Å². The number of nitrogens with zero attached hydrogens (tertiary/aromatic N) is 1. The van der Waals surface area contributed by atoms with E-state index in [-0.39, 0.29) is 12.2 Å². The molecule has 0 saturated carbocycles. The van der Waals surface area contributed by atoms with Crippen molar-refractivity contribution in [2.24, 2.45) is 0 Å². The summed E-state index contributed by atoms with van der Waals surface area (Å²) in [5.74, 6) is -0.680. The van der Waals surface area contributed by atoms with Crippen molar-refractivity contribution in [1.29, 1.82) is 0 Å². The van der Waals surface area contributed by atoms with Crippen molar-refractivity contribution in [2.45, 2.75) is 39.3 Å². The topological polar surface area (TPSA) is 57.6 Å². The Morgan fingerprint density at radius 1 is 0.933 bits per heavy atom. The summed E-state index contributed by atoms with van der Waals surface area (Å²) >= 11 is 0. The van der Waals surface area contributed by atoms with E-state index < -0.39 is 11.5 Å². The highest BCUT2D eigenvalue weighted by molar-refractivity contribution is 6.11. The molecule has 3 aromatic carbocycles. The van der Waals surface area contributed by atoms with Gasteiger partial charge in [0.15, 0.2) is 11.4 Å². The molecule has 0 fully saturated rings. The molecule has 1 aliphatic rings. The van der Waals surface area contributed by atoms with Crippen LogP contribution in [0.1, 0.15) is 44.6 Å². The molecule has 1 aliphatic heterocycles. The maximum absolute atomic E-state index is 13.4. The normalized spacial score (nSPS) is 17.9. The molecule has 0 bridgehead atoms. The number of hydrogen-bond acceptors (Lipinski definition) is 3. The van der Waals surface area contributed by atoms with E-state index >= 15 is 0 Å². The predicted molar refractivity (Wildman–Crippen MR) is 118 cm³/mol. The Kier molecular flexibility index (Phi) is 5.04. The zero-order valence-electron chi connectivity index (χ0n) is 17.5. The molecule has 1 N–H and O–H groups in total. The number of anilines is 1. The van der Waals surface area contributed by atoms with Gasteiger partial charge in [-0.15, -0.1) is 0 Å². The van der Waals surface area contributed by atoms with E-state index in [1.807, 2.05) is 75.4 Å². The zero-order valence-corrected chi connectivity index (χ0v) is 17.5. The molecule has 0 aromatic heterocycles. The second kappa shape index (κ2) is 7.54. The number of hydrogen-bond donors (Lipinski definition) is 1. The lowest BCUT2D eigenvalue weighted by atomic mass is 9.85. The fourth-order valence-corrected chi connectivity index (χ4v) is 4.54. The number of benzene rings is 3. The summed E-state index contributed by atoms with van der Waals surface area (Å²) in [7, 11) is 0. The van der Waals surface area contributed by atoms with Gasteiger partial charge in [0.2, 0.25) is 0 Å². The van der Waals surface area contributed by atoms with Crippen LogP contribution in [0.2, 0.25) is 0 Å². The van der Waals surface area contributed by atoms with E-state index in [1.54, 1.807) is 17.0 Å². The van der Waals surface area contributed by atoms with Crippen LogP contribution in [0.4, 0.5) is 5.69 Å². The van der Waals surface area contributed by atoms with Crippen molar-refractivity contribution >= 4 is 17.4 Å². The van der Waals surface area contributed by atoms with Gasteiger partial charge >= 0.3 is 0 Å². The first-order valence-electron chi connectivity index (χ1n) is 10.1. The van der Waals surface area contributed by atoms with Crippen LogP contribution < -0.4 is 4.90 Å². The van der Waals surface area contributed by atoms with Crippen LogP contribution in [-0.2, 0) is 16.9 Å². The Labute approximate surface area is 176 Å². The molecule has 30 heavy (non-hydrogen) atoms. The third-order valence-corrected chi connectivity index (χ3v) is 5.80. The average molecular weight is 399 g/mol. The summed E-state index contributed by atoms with van der Waals surface area (Å²) in [6.07, 6.45) is -0.279. The highest BCUT2D eigenvalue weighted by Crippen LogP contribution is 2.43. The van der Waals surface area contributed by atoms with E-state index in [4.69, 9.17) is 0 Å². The summed E-state index contributed by atoms with van der Waals surface area (Å²) in [6, 6.07) is 20.7. The molecule has 0 radical (unpaired) electrons. The van der Waals surface area contributed by atoms with Crippen LogP contribution in [-0.4, -0.2) is 16.8 Å². The summed E-state index contributed by atoms with van der Waals surface area (Å²) < 4.78 is 0. The van der Waals surface area contributed by atoms with Gasteiger partial charge in [-0.1, -0.05) is 66.2 Å². The van der Waals surface area contributed by atoms with E-state index in [0.29, 0.717) is 23.4 Å². The quantitative estimate of drug-likeness (QED) is 0.637. The minimum atomic E-state index is -1.87. The average Bonchev–Trinajstić information content (AvgIpc) is 2.90. The van der Waals surface area contributed by atoms with Gasteiger partial charge < -0.3 is 10.0 Å². The fourth-order valence-electron chi connectivity index (χ4n) is 4.54. The van der Waals surface area contributed by atoms with Crippen LogP contribution in [0, 0.1) is 20.8 Å². The van der Waals surface area contributed by atoms with Gasteiger partial charge in [-0.3, -0.25) is 9.59 Å². The maximum atomic E-state index is 13.4. The van der Waals surface area contributed by atoms with Crippen molar-refractivity contribution in [2.75, 3.05) is 4.90 Å². The molecule has 1 atom stereocenters. The predicted octanol–water partition coefficient (Wildman–Crippen LogP) is 4.62. The molecule has 1 amide bonds. The molecule has 4 nitrogen and oxygen atoms in total. The Hall–Kier alpha value is -3.24. The molecule has 0 spiro atoms. The number of ketones is 1. The molecule has 4 heteroatoms. The lowest BCUT2D eigenvalue weighted by Crippen LogP contribution is -2.41. The first-order chi connectivity index (χ1) is 14.3. The number of carbonyl (C=O) groups is 2. The molecule has 1 unspecified atom stereocenters. The summed E-state index contributed by atoms with van der Waals surface area (Å²) in [5, 5.41) is 11.5. The van der Waals surface area contributed by atoms with Crippen LogP contribution >= 0.6 is 0 Å². The van der Waals surface area contributed by atoms with Crippen LogP contribution in [0.3, 0.4) is 0 Å². The number of amides is 1. The molecule has 152 valence electrons. The van der Waals surface area contributed by atoms with Gasteiger partial charge in [-0.05, 0) is 43.5 Å². The summed E-state index contributed by atoms with van der Waals surface area (Å²) in [4.78, 5) is 28.2. The third kappa shape index (κ3) is 3.33. The first kappa shape index (κ1) is 20.0. The minimum absolute atomic E-state index is 0.225. The Morgan fingerprint density at radius 2 is 1.53 bits per heavy atom. The first-order valence-corrected chi connectivity index (χ1v) is 10.1. The molecular weight excluding hydrogens is 374 g/mol. The Morgan fingerprint density at radius 3 is 2.20 bits per heavy atom. The van der Waals surface area contributed by atoms with Crippen LogP contribution in [0.15, 0.2) is 66.7 Å². The van der Waals surface area contributed by atoms with Crippen molar-refractivity contribution in [3.8, 4) is 0 Å². The Balaban J connectivity index is 1.71. The van der Waals surface area contributed by atoms with Gasteiger partial charge in [0.1, 0.15) is 0 Å². The number of fused-ring (bicyclic) bond motifs is 1. The fraction of sp³-hybridized carbons (Fsp3) is 0.231. The van der Waals surface area contributed by atoms with Gasteiger partial charge in [0.25, 0.3) is 5.91 Å². The minimum Gasteiger partial charge on any atom is -0.375 e. The van der Waals surface area contributed by atoms with Crippen molar-refractivity contribution in [3.63, 3.8) is 0 Å². The van der Waals surface area contributed by atoms with E-state index in [2.05, 4.69) is 0 Å². The highest BCUT2D eigenvalue weighted by atomic mass is 16.3. The van der Waals surface area contributed by atoms with Gasteiger partial charge in [-0.2, -0.15) is 0 Å². The van der Waals surface area contributed by atoms with E-state index in [0.717, 1.165) is 22.3 Å². The zero-order chi connectivity index (χ0) is 21.5. The maximum Gasteiger partial charge on any atom is 0.264 e. The molecular formula is C26H25NO3. The van der Waals surface area contributed by atoms with Crippen molar-refractivity contribution < 1.29 is 14.7 Å². The standard InChI is InChI=1S/C26H25NO3/c1-17-13-18(2)24(19(3)14-17)23(28)15-26(30)21-11-7-8-12-22(21)27(25(26)29)16-20-9-5-4-6-10-20/h4-14,30H,15-16H2,1-3H3. The lowest BCUT2D eigenvalue weighted by Gasteiger charge is -2.23. The van der Waals surface area contributed by atoms with Crippen molar-refractivity contribution in [1.82, 2.24) is 0 Å². The number of carbonyl (C=O) groups excluding carboxylic acids is 2. The highest BCUT2D eigenvalue weighted by Gasteiger charge is 2.50. The molecule has 3 aromatic rings. The van der Waals surface area contributed by atoms with Crippen molar-refractivity contribution in [3.05, 3.63) is 100 Å². The van der Waals surface area contributed by atoms with E-state index in [1.165, 1.54) is 0 Å². The third-order valence-electron chi connectivity index (χ3n) is 5.80. The Bertz CT molecular complexity index is 1110. The molecule has 0 saturated heterocycles. The lowest BCUT2D eigenvalue weighted by molar-refractivity contribution is -0.136. The summed E-state index contributed by atoms with van der Waals surface area (Å²) in [5.41, 5.74) is 3.62. The molecule has 4 rings (SSSR count). The van der Waals surface area contributed by atoms with Gasteiger partial charge in [0.05, 0.1) is 18.7 Å². The largest absolute Gasteiger partial charge is 0.375 e. The molecule has 1 heterocycles. The number of aryl methyl sites for hydroxylation is 3. The molecule has 0 aliphatic carbocycles. The number of aliphatic hydroxyl groups is 1. The summed E-state index contributed by atoms with van der Waals surface area (Å²) in [6.45, 7) is 6.11. The number of para-hydroxylation sites is 1. The second-order valence-electron chi connectivity index (χ2n) is 8.13. The number of rotatable bonds is 5. The van der Waals surface area contributed by atoms with Crippen LogP contribution in [0.25, 0.3) is 0 Å². The van der Waals surface area contributed by atoms with Gasteiger partial charge in [0, 0.05) is 11.1 Å². The second-order valence-corrected chi connectivity index (χ2v) is 8.13. The van der Waals surface area contributed by atoms with E-state index in [9.17, 15) is 14.7 Å². The number of Topliss-reactive ketones (excluding diaryl/α,β-unsaturated/α-hetero) is 1. The smallest absolute Gasteiger partial charge is 0.264 e. The van der Waals surface area contributed by atoms with Gasteiger partial charge in [-0.25, -0.2) is 0 Å². The SMILES string of the molecule is Cc1cc(C)c(C(=O)CC2(O)C(=O)N(Cc3ccccc3)c3ccccc32)c(C)c1.